The van der Waals surface area contributed by atoms with E-state index in [1.54, 1.807) is 44.2 Å². The number of aryl methyl sites for hydroxylation is 1. The van der Waals surface area contributed by atoms with E-state index in [1.807, 2.05) is 19.1 Å². The fraction of sp³-hybridized carbons (Fsp3) is 0.269. The number of nitrogens with zero attached hydrogens (tertiary/aromatic N) is 1. The van der Waals surface area contributed by atoms with Crippen molar-refractivity contribution in [1.82, 2.24) is 0 Å². The van der Waals surface area contributed by atoms with Crippen LogP contribution in [0, 0.1) is 12.7 Å². The minimum atomic E-state index is -4.15. The average molecular weight is 484 g/mol. The second-order valence-electron chi connectivity index (χ2n) is 8.94. The Bertz CT molecular complexity index is 1320. The second-order valence-corrected chi connectivity index (χ2v) is 10.6. The summed E-state index contributed by atoms with van der Waals surface area (Å²) < 4.78 is 44.7. The molecule has 0 saturated carbocycles. The molecule has 3 aromatic rings. The van der Waals surface area contributed by atoms with Crippen LogP contribution in [0.1, 0.15) is 36.6 Å². The third-order valence-corrected chi connectivity index (χ3v) is 7.42. The molecule has 0 aliphatic carbocycles. The monoisotopic (exact) mass is 483 g/mol. The summed E-state index contributed by atoms with van der Waals surface area (Å²) in [6.45, 7) is 4.77. The number of amides is 1. The summed E-state index contributed by atoms with van der Waals surface area (Å²) in [5.74, 6) is -0.828. The first-order valence-electron chi connectivity index (χ1n) is 10.8. The second kappa shape index (κ2) is 8.94. The zero-order valence-electron chi connectivity index (χ0n) is 19.1. The van der Waals surface area contributed by atoms with E-state index in [9.17, 15) is 22.7 Å². The summed E-state index contributed by atoms with van der Waals surface area (Å²) in [5.41, 5.74) is 1.68. The van der Waals surface area contributed by atoms with E-state index >= 15 is 0 Å². The molecule has 0 fully saturated rings. The number of aliphatic hydroxyl groups is 1. The Labute approximate surface area is 198 Å². The number of rotatable bonds is 7. The lowest BCUT2D eigenvalue weighted by Crippen LogP contribution is -2.44. The van der Waals surface area contributed by atoms with Crippen molar-refractivity contribution in [3.63, 3.8) is 0 Å². The van der Waals surface area contributed by atoms with Crippen molar-refractivity contribution in [1.29, 1.82) is 0 Å². The van der Waals surface area contributed by atoms with Crippen molar-refractivity contribution in [3.8, 4) is 0 Å². The summed E-state index contributed by atoms with van der Waals surface area (Å²) in [5, 5.41) is 11.2. The highest BCUT2D eigenvalue weighted by atomic mass is 32.2. The molecule has 1 aliphatic rings. The minimum Gasteiger partial charge on any atom is -0.388 e. The Hall–Kier alpha value is -3.07. The third kappa shape index (κ3) is 4.36. The fourth-order valence-electron chi connectivity index (χ4n) is 4.27. The minimum absolute atomic E-state index is 0.0451. The maximum atomic E-state index is 14.1. The molecular formula is C26H26FNO5S. The lowest BCUT2D eigenvalue weighted by Gasteiger charge is -2.33. The first kappa shape index (κ1) is 24.1. The number of hydrogen-bond donors (Lipinski definition) is 1. The summed E-state index contributed by atoms with van der Waals surface area (Å²) in [6, 6.07) is 17.8. The fourth-order valence-corrected chi connectivity index (χ4v) is 5.20. The third-order valence-electron chi connectivity index (χ3n) is 6.13. The van der Waals surface area contributed by atoms with E-state index < -0.39 is 40.1 Å². The van der Waals surface area contributed by atoms with Crippen LogP contribution in [0.4, 0.5) is 10.1 Å². The van der Waals surface area contributed by atoms with E-state index in [0.717, 1.165) is 11.1 Å². The van der Waals surface area contributed by atoms with Gasteiger partial charge in [0.2, 0.25) is 5.91 Å². The van der Waals surface area contributed by atoms with Crippen LogP contribution >= 0.6 is 0 Å². The SMILES string of the molecule is Cc1ccc(S(=O)(=O)OCC(O)C(c2cccc(F)c2)N2C(=O)C(C)(C)c3ccccc32)cc1. The van der Waals surface area contributed by atoms with Gasteiger partial charge in [-0.3, -0.25) is 8.98 Å². The van der Waals surface area contributed by atoms with Crippen LogP contribution in [0.2, 0.25) is 0 Å². The molecule has 1 amide bonds. The molecule has 3 aromatic carbocycles. The van der Waals surface area contributed by atoms with Gasteiger partial charge in [0.05, 0.1) is 23.0 Å². The largest absolute Gasteiger partial charge is 0.388 e. The first-order chi connectivity index (χ1) is 16.0. The molecule has 0 spiro atoms. The maximum absolute atomic E-state index is 14.1. The maximum Gasteiger partial charge on any atom is 0.297 e. The van der Waals surface area contributed by atoms with Crippen molar-refractivity contribution >= 4 is 21.7 Å². The van der Waals surface area contributed by atoms with Gasteiger partial charge in [0, 0.05) is 5.69 Å². The molecule has 2 atom stereocenters. The van der Waals surface area contributed by atoms with Crippen molar-refractivity contribution in [2.24, 2.45) is 0 Å². The molecule has 34 heavy (non-hydrogen) atoms. The highest BCUT2D eigenvalue weighted by Crippen LogP contribution is 2.46. The Morgan fingerprint density at radius 2 is 1.71 bits per heavy atom. The lowest BCUT2D eigenvalue weighted by atomic mass is 9.86. The molecule has 0 saturated heterocycles. The zero-order chi connectivity index (χ0) is 24.7. The Kier molecular flexibility index (Phi) is 6.33. The number of anilines is 1. The van der Waals surface area contributed by atoms with Crippen LogP contribution in [0.5, 0.6) is 0 Å². The highest BCUT2D eigenvalue weighted by molar-refractivity contribution is 7.86. The van der Waals surface area contributed by atoms with Gasteiger partial charge in [-0.15, -0.1) is 0 Å². The van der Waals surface area contributed by atoms with Crippen molar-refractivity contribution in [2.75, 3.05) is 11.5 Å². The van der Waals surface area contributed by atoms with Crippen LogP contribution < -0.4 is 4.90 Å². The average Bonchev–Trinajstić information content (AvgIpc) is 2.99. The van der Waals surface area contributed by atoms with Crippen molar-refractivity contribution in [2.45, 2.75) is 43.2 Å². The number of fused-ring (bicyclic) bond motifs is 1. The molecule has 6 nitrogen and oxygen atoms in total. The molecule has 8 heteroatoms. The van der Waals surface area contributed by atoms with Gasteiger partial charge in [-0.05, 0) is 62.2 Å². The quantitative estimate of drug-likeness (QED) is 0.508. The van der Waals surface area contributed by atoms with Crippen LogP contribution in [-0.2, 0) is 24.5 Å². The number of carbonyl (C=O) groups excluding carboxylic acids is 1. The molecule has 178 valence electrons. The molecule has 2 unspecified atom stereocenters. The molecule has 1 heterocycles. The van der Waals surface area contributed by atoms with E-state index in [-0.39, 0.29) is 10.8 Å². The predicted molar refractivity (Wildman–Crippen MR) is 126 cm³/mol. The lowest BCUT2D eigenvalue weighted by molar-refractivity contribution is -0.123. The molecule has 4 rings (SSSR count). The van der Waals surface area contributed by atoms with Crippen LogP contribution in [0.25, 0.3) is 0 Å². The summed E-state index contributed by atoms with van der Waals surface area (Å²) in [4.78, 5) is 14.9. The van der Waals surface area contributed by atoms with E-state index in [1.165, 1.54) is 35.2 Å². The summed E-state index contributed by atoms with van der Waals surface area (Å²) >= 11 is 0. The Balaban J connectivity index is 1.70. The number of para-hydroxylation sites is 1. The van der Waals surface area contributed by atoms with E-state index in [2.05, 4.69) is 0 Å². The first-order valence-corrected chi connectivity index (χ1v) is 12.3. The van der Waals surface area contributed by atoms with E-state index in [0.29, 0.717) is 11.3 Å². The number of hydrogen-bond acceptors (Lipinski definition) is 5. The van der Waals surface area contributed by atoms with Crippen molar-refractivity contribution < 1.29 is 26.9 Å². The van der Waals surface area contributed by atoms with Gasteiger partial charge in [-0.25, -0.2) is 4.39 Å². The topological polar surface area (TPSA) is 83.9 Å². The molecule has 0 radical (unpaired) electrons. The smallest absolute Gasteiger partial charge is 0.297 e. The van der Waals surface area contributed by atoms with Gasteiger partial charge in [0.25, 0.3) is 10.1 Å². The van der Waals surface area contributed by atoms with Crippen LogP contribution in [0.3, 0.4) is 0 Å². The number of carbonyl (C=O) groups is 1. The van der Waals surface area contributed by atoms with Gasteiger partial charge in [-0.2, -0.15) is 8.42 Å². The predicted octanol–water partition coefficient (Wildman–Crippen LogP) is 4.27. The van der Waals surface area contributed by atoms with Gasteiger partial charge >= 0.3 is 0 Å². The van der Waals surface area contributed by atoms with Gasteiger partial charge in [0.15, 0.2) is 0 Å². The summed E-state index contributed by atoms with van der Waals surface area (Å²) in [7, 11) is -4.15. The molecule has 1 N–H and O–H groups in total. The Morgan fingerprint density at radius 3 is 2.38 bits per heavy atom. The highest BCUT2D eigenvalue weighted by Gasteiger charge is 2.48. The zero-order valence-corrected chi connectivity index (χ0v) is 19.9. The normalized spacial score (nSPS) is 16.9. The number of aliphatic hydroxyl groups excluding tert-OH is 1. The van der Waals surface area contributed by atoms with Crippen molar-refractivity contribution in [3.05, 3.63) is 95.3 Å². The van der Waals surface area contributed by atoms with Crippen LogP contribution in [0.15, 0.2) is 77.7 Å². The van der Waals surface area contributed by atoms with Gasteiger partial charge in [-0.1, -0.05) is 48.0 Å². The molecule has 0 aromatic heterocycles. The summed E-state index contributed by atoms with van der Waals surface area (Å²) in [6.07, 6.45) is -1.46. The molecular weight excluding hydrogens is 457 g/mol. The molecule has 0 bridgehead atoms. The van der Waals surface area contributed by atoms with Gasteiger partial charge < -0.3 is 10.0 Å². The van der Waals surface area contributed by atoms with Crippen LogP contribution in [-0.4, -0.2) is 32.1 Å². The standard InChI is InChI=1S/C26H26FNO5S/c1-17-11-13-20(14-12-17)34(31,32)33-16-23(29)24(18-7-6-8-19(27)15-18)28-22-10-5-4-9-21(22)26(2,3)25(28)30/h4-15,23-24,29H,16H2,1-3H3. The number of benzene rings is 3. The molecule has 1 aliphatic heterocycles. The van der Waals surface area contributed by atoms with Gasteiger partial charge in [0.1, 0.15) is 11.9 Å². The number of halogens is 1. The Morgan fingerprint density at radius 1 is 1.03 bits per heavy atom. The van der Waals surface area contributed by atoms with E-state index in [4.69, 9.17) is 4.18 Å².